The summed E-state index contributed by atoms with van der Waals surface area (Å²) in [4.78, 5) is 27.1. The van der Waals surface area contributed by atoms with Crippen molar-refractivity contribution in [3.05, 3.63) is 53.2 Å². The number of anilines is 1. The molecule has 1 aromatic carbocycles. The molecule has 0 bridgehead atoms. The van der Waals surface area contributed by atoms with Gasteiger partial charge in [0.2, 0.25) is 0 Å². The highest BCUT2D eigenvalue weighted by Gasteiger charge is 2.19. The Morgan fingerprint density at radius 3 is 2.86 bits per heavy atom. The summed E-state index contributed by atoms with van der Waals surface area (Å²) >= 11 is 0. The molecule has 0 aliphatic rings. The predicted octanol–water partition coefficient (Wildman–Crippen LogP) is 2.22. The van der Waals surface area contributed by atoms with Gasteiger partial charge in [0.15, 0.2) is 0 Å². The summed E-state index contributed by atoms with van der Waals surface area (Å²) in [7, 11) is 0. The van der Waals surface area contributed by atoms with Gasteiger partial charge in [-0.05, 0) is 18.2 Å². The van der Waals surface area contributed by atoms with E-state index in [-0.39, 0.29) is 17.7 Å². The summed E-state index contributed by atoms with van der Waals surface area (Å²) in [6, 6.07) is 6.21. The van der Waals surface area contributed by atoms with E-state index >= 15 is 0 Å². The second-order valence-electron chi connectivity index (χ2n) is 4.32. The number of hydrogen-bond donors (Lipinski definition) is 1. The van der Waals surface area contributed by atoms with Crippen molar-refractivity contribution in [2.45, 2.75) is 0 Å². The molecule has 2 aromatic rings. The topological polar surface area (TPSA) is 96.6 Å². The first kappa shape index (κ1) is 14.4. The quantitative estimate of drug-likeness (QED) is 0.497. The van der Waals surface area contributed by atoms with E-state index in [1.54, 1.807) is 23.1 Å². The van der Waals surface area contributed by atoms with E-state index in [0.717, 1.165) is 0 Å². The number of aliphatic carboxylic acids is 1. The maximum atomic E-state index is 11.0. The Bertz CT molecular complexity index is 714. The third-order valence-corrected chi connectivity index (χ3v) is 2.94. The lowest BCUT2D eigenvalue weighted by atomic mass is 10.1. The number of hydrogen-bond acceptors (Lipinski definition) is 5. The van der Waals surface area contributed by atoms with Crippen LogP contribution >= 0.6 is 0 Å². The zero-order chi connectivity index (χ0) is 15.4. The monoisotopic (exact) mass is 287 g/mol. The number of pyridine rings is 1. The molecule has 0 radical (unpaired) electrons. The van der Waals surface area contributed by atoms with Crippen molar-refractivity contribution >= 4 is 28.2 Å². The normalized spacial score (nSPS) is 10.3. The minimum atomic E-state index is -0.993. The summed E-state index contributed by atoms with van der Waals surface area (Å²) in [6.45, 7) is 3.69. The van der Waals surface area contributed by atoms with Crippen LogP contribution < -0.4 is 4.90 Å². The molecule has 2 rings (SSSR count). The first-order chi connectivity index (χ1) is 10.0. The molecule has 0 atom stereocenters. The number of carboxylic acid groups (broad SMARTS) is 1. The maximum absolute atomic E-state index is 11.0. The highest BCUT2D eigenvalue weighted by molar-refractivity contribution is 5.98. The molecule has 1 aromatic heterocycles. The lowest BCUT2D eigenvalue weighted by molar-refractivity contribution is -0.383. The molecule has 7 heteroatoms. The number of fused-ring (bicyclic) bond motifs is 1. The van der Waals surface area contributed by atoms with Crippen molar-refractivity contribution in [2.24, 2.45) is 0 Å². The Morgan fingerprint density at radius 2 is 2.24 bits per heavy atom. The highest BCUT2D eigenvalue weighted by Crippen LogP contribution is 2.31. The fourth-order valence-electron chi connectivity index (χ4n) is 2.13. The smallest absolute Gasteiger partial charge is 0.323 e. The SMILES string of the molecule is C=CCN(CC(=O)O)c1ccc([N+](=O)[O-])c2ncccc12. The van der Waals surface area contributed by atoms with Crippen molar-refractivity contribution in [3.63, 3.8) is 0 Å². The number of non-ortho nitro benzene ring substituents is 1. The number of nitro groups is 1. The van der Waals surface area contributed by atoms with Gasteiger partial charge >= 0.3 is 5.97 Å². The Labute approximate surface area is 120 Å². The molecular formula is C14H13N3O4. The first-order valence-corrected chi connectivity index (χ1v) is 6.14. The predicted molar refractivity (Wildman–Crippen MR) is 78.4 cm³/mol. The Kier molecular flexibility index (Phi) is 4.13. The van der Waals surface area contributed by atoms with Crippen LogP contribution in [-0.4, -0.2) is 34.1 Å². The molecule has 0 amide bonds. The van der Waals surface area contributed by atoms with Gasteiger partial charge in [-0.2, -0.15) is 0 Å². The summed E-state index contributed by atoms with van der Waals surface area (Å²) in [5.74, 6) is -0.993. The number of benzene rings is 1. The number of nitro benzene ring substituents is 1. The largest absolute Gasteiger partial charge is 0.480 e. The number of aromatic nitrogens is 1. The first-order valence-electron chi connectivity index (χ1n) is 6.14. The fourth-order valence-corrected chi connectivity index (χ4v) is 2.13. The van der Waals surface area contributed by atoms with E-state index in [9.17, 15) is 14.9 Å². The third-order valence-electron chi connectivity index (χ3n) is 2.94. The highest BCUT2D eigenvalue weighted by atomic mass is 16.6. The van der Waals surface area contributed by atoms with Gasteiger partial charge in [-0.1, -0.05) is 6.08 Å². The average molecular weight is 287 g/mol. The van der Waals surface area contributed by atoms with E-state index in [1.165, 1.54) is 18.3 Å². The van der Waals surface area contributed by atoms with Crippen LogP contribution in [0.4, 0.5) is 11.4 Å². The van der Waals surface area contributed by atoms with Crippen LogP contribution in [0.25, 0.3) is 10.9 Å². The molecular weight excluding hydrogens is 274 g/mol. The minimum Gasteiger partial charge on any atom is -0.480 e. The van der Waals surface area contributed by atoms with Crippen molar-refractivity contribution < 1.29 is 14.8 Å². The number of carboxylic acids is 1. The van der Waals surface area contributed by atoms with Crippen LogP contribution in [0, 0.1) is 10.1 Å². The van der Waals surface area contributed by atoms with Gasteiger partial charge in [0.25, 0.3) is 5.69 Å². The molecule has 0 unspecified atom stereocenters. The van der Waals surface area contributed by atoms with Crippen LogP contribution in [-0.2, 0) is 4.79 Å². The summed E-state index contributed by atoms with van der Waals surface area (Å²) in [6.07, 6.45) is 3.04. The lowest BCUT2D eigenvalue weighted by Crippen LogP contribution is -2.29. The molecule has 0 saturated heterocycles. The van der Waals surface area contributed by atoms with Crippen molar-refractivity contribution in [3.8, 4) is 0 Å². The van der Waals surface area contributed by atoms with E-state index in [0.29, 0.717) is 17.6 Å². The van der Waals surface area contributed by atoms with E-state index in [2.05, 4.69) is 11.6 Å². The Hall–Kier alpha value is -2.96. The summed E-state index contributed by atoms with van der Waals surface area (Å²) < 4.78 is 0. The Morgan fingerprint density at radius 1 is 1.48 bits per heavy atom. The van der Waals surface area contributed by atoms with Gasteiger partial charge in [0, 0.05) is 29.9 Å². The molecule has 0 aliphatic carbocycles. The van der Waals surface area contributed by atoms with Gasteiger partial charge in [-0.25, -0.2) is 4.98 Å². The zero-order valence-corrected chi connectivity index (χ0v) is 11.1. The second-order valence-corrected chi connectivity index (χ2v) is 4.32. The molecule has 108 valence electrons. The molecule has 0 spiro atoms. The maximum Gasteiger partial charge on any atom is 0.323 e. The van der Waals surface area contributed by atoms with Gasteiger partial charge in [0.1, 0.15) is 12.1 Å². The van der Waals surface area contributed by atoms with Crippen LogP contribution in [0.3, 0.4) is 0 Å². The van der Waals surface area contributed by atoms with Crippen molar-refractivity contribution in [1.82, 2.24) is 4.98 Å². The van der Waals surface area contributed by atoms with Crippen LogP contribution in [0.2, 0.25) is 0 Å². The molecule has 0 aliphatic heterocycles. The molecule has 0 saturated carbocycles. The standard InChI is InChI=1S/C14H13N3O4/c1-2-8-16(9-13(18)19)11-5-6-12(17(20)21)14-10(11)4-3-7-15-14/h2-7H,1,8-9H2,(H,18,19). The van der Waals surface area contributed by atoms with Gasteiger partial charge < -0.3 is 10.0 Å². The van der Waals surface area contributed by atoms with E-state index in [4.69, 9.17) is 5.11 Å². The minimum absolute atomic E-state index is 0.108. The average Bonchev–Trinajstić information content (AvgIpc) is 2.45. The molecule has 21 heavy (non-hydrogen) atoms. The summed E-state index contributed by atoms with van der Waals surface area (Å²) in [5, 5.41) is 20.6. The Balaban J connectivity index is 2.63. The van der Waals surface area contributed by atoms with Crippen LogP contribution in [0.5, 0.6) is 0 Å². The molecule has 7 nitrogen and oxygen atoms in total. The van der Waals surface area contributed by atoms with Crippen LogP contribution in [0.15, 0.2) is 43.1 Å². The molecule has 1 N–H and O–H groups in total. The molecule has 0 fully saturated rings. The number of rotatable bonds is 6. The van der Waals surface area contributed by atoms with E-state index in [1.807, 2.05) is 0 Å². The lowest BCUT2D eigenvalue weighted by Gasteiger charge is -2.22. The molecule has 1 heterocycles. The van der Waals surface area contributed by atoms with Gasteiger partial charge in [-0.3, -0.25) is 14.9 Å². The van der Waals surface area contributed by atoms with Crippen molar-refractivity contribution in [1.29, 1.82) is 0 Å². The second kappa shape index (κ2) is 6.00. The van der Waals surface area contributed by atoms with Crippen molar-refractivity contribution in [2.75, 3.05) is 18.0 Å². The number of nitrogens with zero attached hydrogens (tertiary/aromatic N) is 3. The van der Waals surface area contributed by atoms with E-state index < -0.39 is 10.9 Å². The van der Waals surface area contributed by atoms with Gasteiger partial charge in [-0.15, -0.1) is 6.58 Å². The third kappa shape index (κ3) is 2.97. The number of carbonyl (C=O) groups is 1. The summed E-state index contributed by atoms with van der Waals surface area (Å²) in [5.41, 5.74) is 0.702. The zero-order valence-electron chi connectivity index (χ0n) is 11.1. The van der Waals surface area contributed by atoms with Crippen LogP contribution in [0.1, 0.15) is 0 Å². The fraction of sp³-hybridized carbons (Fsp3) is 0.143. The van der Waals surface area contributed by atoms with Gasteiger partial charge in [0.05, 0.1) is 4.92 Å².